The zero-order valence-electron chi connectivity index (χ0n) is 21.2. The van der Waals surface area contributed by atoms with Crippen LogP contribution in [-0.4, -0.2) is 98.7 Å². The Morgan fingerprint density at radius 2 is 1.89 bits per heavy atom. The maximum Gasteiger partial charge on any atom is 0.433 e. The normalized spacial score (nSPS) is 33.2. The minimum Gasteiger partial charge on any atom is -0.381 e. The van der Waals surface area contributed by atoms with Crippen molar-refractivity contribution < 1.29 is 32.2 Å². The highest BCUT2D eigenvalue weighted by Gasteiger charge is 2.53. The molecule has 0 radical (unpaired) electrons. The van der Waals surface area contributed by atoms with Crippen LogP contribution in [0.25, 0.3) is 0 Å². The van der Waals surface area contributed by atoms with E-state index in [1.165, 1.54) is 0 Å². The number of halogens is 3. The summed E-state index contributed by atoms with van der Waals surface area (Å²) in [5, 5.41) is 3.77. The summed E-state index contributed by atoms with van der Waals surface area (Å²) in [6.07, 6.45) is 0.827. The number of piperazine rings is 1. The molecule has 4 heterocycles. The summed E-state index contributed by atoms with van der Waals surface area (Å²) >= 11 is 0. The first kappa shape index (κ1) is 26.6. The average molecular weight is 528 g/mol. The molecule has 12 heteroatoms. The second-order valence-corrected chi connectivity index (χ2v) is 10.6. The van der Waals surface area contributed by atoms with Crippen molar-refractivity contribution in [1.82, 2.24) is 20.2 Å². The molecular weight excluding hydrogens is 491 g/mol. The number of aromatic nitrogens is 2. The fourth-order valence-corrected chi connectivity index (χ4v) is 6.45. The van der Waals surface area contributed by atoms with E-state index in [1.807, 2.05) is 4.90 Å². The Balaban J connectivity index is 1.25. The number of anilines is 1. The molecule has 1 aromatic rings. The van der Waals surface area contributed by atoms with Gasteiger partial charge in [0.2, 0.25) is 11.9 Å². The molecule has 1 saturated carbocycles. The molecule has 3 aliphatic heterocycles. The van der Waals surface area contributed by atoms with Gasteiger partial charge in [-0.15, -0.1) is 0 Å². The molecule has 5 rings (SSSR count). The van der Waals surface area contributed by atoms with Crippen LogP contribution in [0.2, 0.25) is 0 Å². The standard InChI is InChI=1S/C25H36F3N5O4/c1-35-20-16-37-13-5-19(20)30-18-2-6-24(14-18,17-4-12-36-15-17)22(34)32-8-10-33(11-9-32)23-29-7-3-21(31-23)25(26,27)28/h3,7,17-20,30H,2,4-6,8-16H2,1H3/t17-,18+,19+,20?,24-/m0/s1. The summed E-state index contributed by atoms with van der Waals surface area (Å²) in [7, 11) is 1.70. The molecule has 9 nitrogen and oxygen atoms in total. The van der Waals surface area contributed by atoms with Gasteiger partial charge in [-0.1, -0.05) is 0 Å². The Morgan fingerprint density at radius 3 is 2.59 bits per heavy atom. The van der Waals surface area contributed by atoms with Crippen molar-refractivity contribution in [2.45, 2.75) is 56.5 Å². The van der Waals surface area contributed by atoms with E-state index in [1.54, 1.807) is 12.0 Å². The van der Waals surface area contributed by atoms with Crippen LogP contribution in [0.3, 0.4) is 0 Å². The predicted octanol–water partition coefficient (Wildman–Crippen LogP) is 2.11. The number of carbonyl (C=O) groups is 1. The van der Waals surface area contributed by atoms with E-state index >= 15 is 0 Å². The van der Waals surface area contributed by atoms with Gasteiger partial charge >= 0.3 is 6.18 Å². The molecule has 1 unspecified atom stereocenters. The third-order valence-electron chi connectivity index (χ3n) is 8.53. The van der Waals surface area contributed by atoms with Crippen molar-refractivity contribution in [2.24, 2.45) is 11.3 Å². The van der Waals surface area contributed by atoms with Crippen molar-refractivity contribution in [1.29, 1.82) is 0 Å². The number of nitrogens with zero attached hydrogens (tertiary/aromatic N) is 4. The monoisotopic (exact) mass is 527 g/mol. The third-order valence-corrected chi connectivity index (χ3v) is 8.53. The smallest absolute Gasteiger partial charge is 0.381 e. The molecule has 4 fully saturated rings. The Hall–Kier alpha value is -2.02. The second-order valence-electron chi connectivity index (χ2n) is 10.6. The van der Waals surface area contributed by atoms with Crippen LogP contribution in [0.15, 0.2) is 12.3 Å². The SMILES string of the molecule is COC1COCC[C@H]1N[C@@H]1CC[C@@](C(=O)N2CCN(c3nccc(C(F)(F)F)n3)CC2)([C@H]2CCOC2)C1. The lowest BCUT2D eigenvalue weighted by Crippen LogP contribution is -2.55. The molecule has 1 aliphatic carbocycles. The van der Waals surface area contributed by atoms with E-state index < -0.39 is 17.3 Å². The fourth-order valence-electron chi connectivity index (χ4n) is 6.45. The minimum atomic E-state index is -4.52. The van der Waals surface area contributed by atoms with Crippen LogP contribution in [0.1, 0.15) is 37.8 Å². The fraction of sp³-hybridized carbons (Fsp3) is 0.800. The maximum atomic E-state index is 14.1. The highest BCUT2D eigenvalue weighted by Crippen LogP contribution is 2.49. The van der Waals surface area contributed by atoms with Gasteiger partial charge in [0, 0.05) is 64.8 Å². The minimum absolute atomic E-state index is 0.000380. The van der Waals surface area contributed by atoms with E-state index in [0.717, 1.165) is 44.4 Å². The lowest BCUT2D eigenvalue weighted by molar-refractivity contribution is -0.146. The first-order valence-electron chi connectivity index (χ1n) is 13.2. The summed E-state index contributed by atoms with van der Waals surface area (Å²) < 4.78 is 56.2. The van der Waals surface area contributed by atoms with E-state index in [-0.39, 0.29) is 36.0 Å². The van der Waals surface area contributed by atoms with Gasteiger partial charge < -0.3 is 29.3 Å². The number of alkyl halides is 3. The number of hydrogen-bond donors (Lipinski definition) is 1. The van der Waals surface area contributed by atoms with Gasteiger partial charge in [0.15, 0.2) is 0 Å². The predicted molar refractivity (Wildman–Crippen MR) is 128 cm³/mol. The molecule has 37 heavy (non-hydrogen) atoms. The number of hydrogen-bond acceptors (Lipinski definition) is 8. The van der Waals surface area contributed by atoms with E-state index in [2.05, 4.69) is 15.3 Å². The zero-order valence-corrected chi connectivity index (χ0v) is 21.2. The summed E-state index contributed by atoms with van der Waals surface area (Å²) in [4.78, 5) is 25.5. The van der Waals surface area contributed by atoms with Gasteiger partial charge in [0.25, 0.3) is 0 Å². The Kier molecular flexibility index (Phi) is 7.90. The van der Waals surface area contributed by atoms with E-state index in [4.69, 9.17) is 14.2 Å². The lowest BCUT2D eigenvalue weighted by atomic mass is 9.72. The molecule has 206 valence electrons. The molecule has 0 spiro atoms. The molecule has 3 saturated heterocycles. The first-order chi connectivity index (χ1) is 17.8. The van der Waals surface area contributed by atoms with Gasteiger partial charge in [0.05, 0.1) is 24.7 Å². The number of rotatable bonds is 6. The molecule has 0 bridgehead atoms. The van der Waals surface area contributed by atoms with Gasteiger partial charge in [-0.25, -0.2) is 9.97 Å². The number of amides is 1. The Labute approximate surface area is 215 Å². The second kappa shape index (κ2) is 11.0. The molecule has 4 aliphatic rings. The highest BCUT2D eigenvalue weighted by atomic mass is 19.4. The number of nitrogens with one attached hydrogen (secondary N) is 1. The summed E-state index contributed by atoms with van der Waals surface area (Å²) in [5.74, 6) is 0.367. The van der Waals surface area contributed by atoms with Crippen molar-refractivity contribution in [2.75, 3.05) is 64.6 Å². The number of methoxy groups -OCH3 is 1. The lowest BCUT2D eigenvalue weighted by Gasteiger charge is -2.42. The largest absolute Gasteiger partial charge is 0.433 e. The van der Waals surface area contributed by atoms with E-state index in [0.29, 0.717) is 52.6 Å². The quantitative estimate of drug-likeness (QED) is 0.602. The summed E-state index contributed by atoms with van der Waals surface area (Å²) in [6, 6.07) is 1.28. The molecule has 5 atom stereocenters. The van der Waals surface area contributed by atoms with Crippen LogP contribution in [-0.2, 0) is 25.2 Å². The van der Waals surface area contributed by atoms with Crippen molar-refractivity contribution in [3.63, 3.8) is 0 Å². The number of carbonyl (C=O) groups excluding carboxylic acids is 1. The highest BCUT2D eigenvalue weighted by molar-refractivity contribution is 5.84. The number of ether oxygens (including phenoxy) is 3. The maximum absolute atomic E-state index is 14.1. The van der Waals surface area contributed by atoms with Crippen LogP contribution in [0, 0.1) is 11.3 Å². The van der Waals surface area contributed by atoms with Gasteiger partial charge in [-0.3, -0.25) is 4.79 Å². The average Bonchev–Trinajstić information content (AvgIpc) is 3.60. The zero-order chi connectivity index (χ0) is 26.0. The topological polar surface area (TPSA) is 89.1 Å². The Morgan fingerprint density at radius 1 is 1.14 bits per heavy atom. The van der Waals surface area contributed by atoms with Crippen molar-refractivity contribution >= 4 is 11.9 Å². The van der Waals surface area contributed by atoms with Gasteiger partial charge in [0.1, 0.15) is 5.69 Å². The Bertz CT molecular complexity index is 939. The first-order valence-corrected chi connectivity index (χ1v) is 13.2. The van der Waals surface area contributed by atoms with Crippen molar-refractivity contribution in [3.05, 3.63) is 18.0 Å². The molecule has 1 N–H and O–H groups in total. The molecule has 1 aromatic heterocycles. The van der Waals surface area contributed by atoms with Crippen LogP contribution < -0.4 is 10.2 Å². The summed E-state index contributed by atoms with van der Waals surface area (Å²) in [5.41, 5.74) is -1.45. The van der Waals surface area contributed by atoms with Gasteiger partial charge in [-0.2, -0.15) is 13.2 Å². The van der Waals surface area contributed by atoms with E-state index in [9.17, 15) is 18.0 Å². The van der Waals surface area contributed by atoms with Gasteiger partial charge in [-0.05, 0) is 44.1 Å². The van der Waals surface area contributed by atoms with Crippen LogP contribution in [0.5, 0.6) is 0 Å². The van der Waals surface area contributed by atoms with Crippen molar-refractivity contribution in [3.8, 4) is 0 Å². The molecular formula is C25H36F3N5O4. The summed E-state index contributed by atoms with van der Waals surface area (Å²) in [6.45, 7) is 4.17. The van der Waals surface area contributed by atoms with Crippen LogP contribution in [0.4, 0.5) is 19.1 Å². The molecule has 0 aromatic carbocycles. The van der Waals surface area contributed by atoms with Crippen LogP contribution >= 0.6 is 0 Å². The molecule has 1 amide bonds. The third kappa shape index (κ3) is 5.57.